The molecule has 48 heavy (non-hydrogen) atoms. The molecule has 9 nitrogen and oxygen atoms in total. The smallest absolute Gasteiger partial charge is 0.410 e. The van der Waals surface area contributed by atoms with Crippen LogP contribution in [0.3, 0.4) is 0 Å². The molecule has 8 atom stereocenters. The highest BCUT2D eigenvalue weighted by Gasteiger charge is 2.47. The number of aliphatic hydroxyl groups excluding tert-OH is 1. The molecule has 0 aromatic heterocycles. The van der Waals surface area contributed by atoms with Crippen molar-refractivity contribution in [2.45, 2.75) is 160 Å². The minimum Gasteiger partial charge on any atom is -0.457 e. The highest BCUT2D eigenvalue weighted by Crippen LogP contribution is 2.37. The van der Waals surface area contributed by atoms with Crippen LogP contribution >= 0.6 is 0 Å². The third-order valence-corrected chi connectivity index (χ3v) is 10.9. The van der Waals surface area contributed by atoms with Gasteiger partial charge in [-0.05, 0) is 64.0 Å². The van der Waals surface area contributed by atoms with Crippen LogP contribution in [0.1, 0.15) is 118 Å². The number of rotatable bonds is 10. The number of hydrogen-bond acceptors (Lipinski definition) is 8. The summed E-state index contributed by atoms with van der Waals surface area (Å²) in [6.45, 7) is 12.9. The Bertz CT molecular complexity index is 1100. The largest absolute Gasteiger partial charge is 0.457 e. The van der Waals surface area contributed by atoms with Crippen LogP contribution in [0.15, 0.2) is 36.0 Å². The maximum absolute atomic E-state index is 13.3. The van der Waals surface area contributed by atoms with Crippen LogP contribution in [0.2, 0.25) is 0 Å². The van der Waals surface area contributed by atoms with Crippen LogP contribution in [0, 0.1) is 11.8 Å². The number of epoxide rings is 1. The van der Waals surface area contributed by atoms with Crippen LogP contribution in [-0.4, -0.2) is 100 Å². The van der Waals surface area contributed by atoms with Crippen LogP contribution < -0.4 is 0 Å². The second-order valence-electron chi connectivity index (χ2n) is 15.1. The highest BCUT2D eigenvalue weighted by molar-refractivity contribution is 5.70. The van der Waals surface area contributed by atoms with E-state index in [1.54, 1.807) is 13.0 Å². The number of nitrogens with zero attached hydrogens (tertiary/aromatic N) is 2. The number of ether oxygens (including phenoxy) is 3. The Labute approximate surface area is 289 Å². The van der Waals surface area contributed by atoms with Crippen molar-refractivity contribution < 1.29 is 34.0 Å². The molecule has 1 amide bonds. The molecule has 3 fully saturated rings. The first-order valence-electron chi connectivity index (χ1n) is 19.0. The zero-order chi connectivity index (χ0) is 34.7. The summed E-state index contributed by atoms with van der Waals surface area (Å²) in [7, 11) is 0. The van der Waals surface area contributed by atoms with Crippen LogP contribution in [-0.2, 0) is 19.0 Å². The second-order valence-corrected chi connectivity index (χ2v) is 15.1. The summed E-state index contributed by atoms with van der Waals surface area (Å²) >= 11 is 0. The van der Waals surface area contributed by atoms with Crippen molar-refractivity contribution in [3.8, 4) is 0 Å². The molecule has 1 saturated carbocycles. The van der Waals surface area contributed by atoms with E-state index in [9.17, 15) is 19.8 Å². The summed E-state index contributed by atoms with van der Waals surface area (Å²) < 4.78 is 17.8. The molecular formula is C39H64N2O7. The third kappa shape index (κ3) is 12.0. The number of carbonyl (C=O) groups is 2. The topological polar surface area (TPSA) is 112 Å². The van der Waals surface area contributed by atoms with Gasteiger partial charge in [0.1, 0.15) is 12.2 Å². The minimum absolute atomic E-state index is 0.0294. The predicted octanol–water partition coefficient (Wildman–Crippen LogP) is 6.72. The standard InChI is InChI=1S/C39H64N2O7/c1-6-33(42)30(4)37-34(47-37)27-39(5,45)22-14-15-28(2)36-29(3)20-21-32(18-12-9-13-19-35(43)48-36)46-38(44)41-25-23-40(24-26-41)31-16-10-7-8-11-17-31/h14-15,20-22,29-34,36-37,42,45H,6-13,16-19,23-27H2,1-5H3/t29-,30+,32+,33-,34+,36+,37+,39-/m0/s1. The van der Waals surface area contributed by atoms with E-state index in [1.807, 2.05) is 56.9 Å². The van der Waals surface area contributed by atoms with E-state index >= 15 is 0 Å². The number of allylic oxidation sites excluding steroid dienone is 2. The fourth-order valence-corrected chi connectivity index (χ4v) is 7.65. The minimum atomic E-state index is -1.08. The summed E-state index contributed by atoms with van der Waals surface area (Å²) in [5.74, 6) is -0.326. The number of hydrogen-bond donors (Lipinski definition) is 2. The first-order chi connectivity index (χ1) is 23.0. The van der Waals surface area contributed by atoms with Gasteiger partial charge in [-0.3, -0.25) is 9.69 Å². The number of amides is 1. The third-order valence-electron chi connectivity index (χ3n) is 10.9. The lowest BCUT2D eigenvalue weighted by Gasteiger charge is -2.39. The maximum Gasteiger partial charge on any atom is 0.410 e. The van der Waals surface area contributed by atoms with Gasteiger partial charge in [-0.15, -0.1) is 0 Å². The Kier molecular flexibility index (Phi) is 15.0. The van der Waals surface area contributed by atoms with E-state index < -0.39 is 17.8 Å². The van der Waals surface area contributed by atoms with E-state index in [0.717, 1.165) is 44.3 Å². The molecule has 0 bridgehead atoms. The molecule has 9 heteroatoms. The van der Waals surface area contributed by atoms with Gasteiger partial charge < -0.3 is 29.3 Å². The van der Waals surface area contributed by atoms with Crippen molar-refractivity contribution in [2.24, 2.45) is 11.8 Å². The molecular weight excluding hydrogens is 608 g/mol. The molecule has 0 aromatic carbocycles. The van der Waals surface area contributed by atoms with Crippen molar-refractivity contribution in [1.82, 2.24) is 9.80 Å². The summed E-state index contributed by atoms with van der Waals surface area (Å²) in [6.07, 6.45) is 20.4. The normalized spacial score (nSPS) is 31.6. The van der Waals surface area contributed by atoms with E-state index in [2.05, 4.69) is 4.90 Å². The first-order valence-corrected chi connectivity index (χ1v) is 19.0. The van der Waals surface area contributed by atoms with Gasteiger partial charge in [0.15, 0.2) is 0 Å². The average molecular weight is 673 g/mol. The molecule has 2 saturated heterocycles. The van der Waals surface area contributed by atoms with Crippen molar-refractivity contribution in [1.29, 1.82) is 0 Å². The summed E-state index contributed by atoms with van der Waals surface area (Å²) in [5.41, 5.74) is -0.217. The lowest BCUT2D eigenvalue weighted by Crippen LogP contribution is -2.52. The maximum atomic E-state index is 13.3. The number of esters is 1. The van der Waals surface area contributed by atoms with E-state index in [1.165, 1.54) is 38.5 Å². The zero-order valence-corrected chi connectivity index (χ0v) is 30.4. The highest BCUT2D eigenvalue weighted by atomic mass is 16.6. The average Bonchev–Trinajstić information content (AvgIpc) is 3.87. The molecule has 4 rings (SSSR count). The summed E-state index contributed by atoms with van der Waals surface area (Å²) in [5, 5.41) is 21.2. The fourth-order valence-electron chi connectivity index (χ4n) is 7.65. The van der Waals surface area contributed by atoms with Crippen LogP contribution in [0.25, 0.3) is 0 Å². The van der Waals surface area contributed by atoms with E-state index in [-0.39, 0.29) is 42.2 Å². The Balaban J connectivity index is 1.33. The lowest BCUT2D eigenvalue weighted by molar-refractivity contribution is -0.148. The quantitative estimate of drug-likeness (QED) is 0.0866. The van der Waals surface area contributed by atoms with Crippen molar-refractivity contribution in [3.63, 3.8) is 0 Å². The molecule has 272 valence electrons. The van der Waals surface area contributed by atoms with Crippen molar-refractivity contribution in [3.05, 3.63) is 36.0 Å². The molecule has 0 aromatic rings. The molecule has 0 spiro atoms. The fraction of sp³-hybridized carbons (Fsp3) is 0.795. The Hall–Kier alpha value is -2.20. The van der Waals surface area contributed by atoms with Gasteiger partial charge in [0.25, 0.3) is 0 Å². The SMILES string of the molecule is CC[C@H](O)[C@@H](C)[C@H]1O[C@@H]1C[C@@](C)(O)C=CC=C(C)[C@H]1OC(=O)CCCCC[C@@H](OC(=O)N2CCN(C3CCCCCC3)CC2)C=C[C@@H]1C. The van der Waals surface area contributed by atoms with Gasteiger partial charge in [0.2, 0.25) is 0 Å². The van der Waals surface area contributed by atoms with Crippen molar-refractivity contribution in [2.75, 3.05) is 26.2 Å². The van der Waals surface area contributed by atoms with Crippen molar-refractivity contribution >= 4 is 12.1 Å². The summed E-state index contributed by atoms with van der Waals surface area (Å²) in [6, 6.07) is 0.657. The van der Waals surface area contributed by atoms with Gasteiger partial charge in [0.05, 0.1) is 23.9 Å². The molecule has 2 N–H and O–H groups in total. The molecule has 3 heterocycles. The number of aliphatic hydroxyl groups is 2. The van der Waals surface area contributed by atoms with Gasteiger partial charge >= 0.3 is 12.1 Å². The zero-order valence-electron chi connectivity index (χ0n) is 30.4. The van der Waals surface area contributed by atoms with Gasteiger partial charge in [-0.25, -0.2) is 4.79 Å². The molecule has 4 aliphatic rings. The number of piperazine rings is 1. The van der Waals surface area contributed by atoms with Gasteiger partial charge in [-0.1, -0.05) is 77.2 Å². The molecule has 3 aliphatic heterocycles. The molecule has 1 aliphatic carbocycles. The second kappa shape index (κ2) is 18.7. The number of cyclic esters (lactones) is 1. The molecule has 0 radical (unpaired) electrons. The first kappa shape index (κ1) is 38.6. The Morgan fingerprint density at radius 1 is 1.06 bits per heavy atom. The Morgan fingerprint density at radius 3 is 2.42 bits per heavy atom. The predicted molar refractivity (Wildman–Crippen MR) is 188 cm³/mol. The van der Waals surface area contributed by atoms with E-state index in [0.29, 0.717) is 38.4 Å². The van der Waals surface area contributed by atoms with Gasteiger partial charge in [-0.2, -0.15) is 0 Å². The van der Waals surface area contributed by atoms with Crippen LogP contribution in [0.5, 0.6) is 0 Å². The summed E-state index contributed by atoms with van der Waals surface area (Å²) in [4.78, 5) is 30.5. The molecule has 0 unspecified atom stereocenters. The Morgan fingerprint density at radius 2 is 1.73 bits per heavy atom. The monoisotopic (exact) mass is 672 g/mol. The van der Waals surface area contributed by atoms with E-state index in [4.69, 9.17) is 14.2 Å². The van der Waals surface area contributed by atoms with Crippen LogP contribution in [0.4, 0.5) is 4.79 Å². The van der Waals surface area contributed by atoms with Gasteiger partial charge in [0, 0.05) is 56.9 Å². The number of carbonyl (C=O) groups excluding carboxylic acids is 2. The lowest BCUT2D eigenvalue weighted by atomic mass is 9.91.